The third kappa shape index (κ3) is 2.36. The molecular formula is C23H40O. The second-order valence-corrected chi connectivity index (χ2v) is 10.4. The largest absolute Gasteiger partial charge is 0.396 e. The standard InChI is InChI=1S/C23H40O/c1-4-23-13-10-20-19(21(23)8-6-17(23)11-14-24)7-5-18-15-16(2)9-12-22(18,20)3/h16-21,24H,4-15H2,1-3H3/t16?,17?,18?,19?,20?,21?,22-,23+/m0/s1. The lowest BCUT2D eigenvalue weighted by Crippen LogP contribution is -2.53. The Hall–Kier alpha value is -0.0400. The zero-order valence-corrected chi connectivity index (χ0v) is 16.4. The molecule has 0 aromatic heterocycles. The molecule has 138 valence electrons. The van der Waals surface area contributed by atoms with Gasteiger partial charge in [0.2, 0.25) is 0 Å². The summed E-state index contributed by atoms with van der Waals surface area (Å²) in [7, 11) is 0. The highest BCUT2D eigenvalue weighted by molar-refractivity contribution is 5.09. The van der Waals surface area contributed by atoms with Crippen molar-refractivity contribution < 1.29 is 5.11 Å². The summed E-state index contributed by atoms with van der Waals surface area (Å²) in [5.41, 5.74) is 1.25. The third-order valence-electron chi connectivity index (χ3n) is 9.96. The van der Waals surface area contributed by atoms with E-state index < -0.39 is 0 Å². The van der Waals surface area contributed by atoms with Crippen LogP contribution in [0.2, 0.25) is 0 Å². The van der Waals surface area contributed by atoms with E-state index in [2.05, 4.69) is 20.8 Å². The maximum absolute atomic E-state index is 9.58. The first-order chi connectivity index (χ1) is 11.5. The Morgan fingerprint density at radius 3 is 2.54 bits per heavy atom. The van der Waals surface area contributed by atoms with Crippen LogP contribution in [0.4, 0.5) is 0 Å². The van der Waals surface area contributed by atoms with Crippen LogP contribution in [0.15, 0.2) is 0 Å². The minimum Gasteiger partial charge on any atom is -0.396 e. The molecule has 0 radical (unpaired) electrons. The lowest BCUT2D eigenvalue weighted by atomic mass is 9.43. The summed E-state index contributed by atoms with van der Waals surface area (Å²) >= 11 is 0. The fourth-order valence-corrected chi connectivity index (χ4v) is 8.71. The molecule has 1 N–H and O–H groups in total. The Morgan fingerprint density at radius 1 is 0.958 bits per heavy atom. The molecule has 8 atom stereocenters. The van der Waals surface area contributed by atoms with Crippen LogP contribution in [0.25, 0.3) is 0 Å². The monoisotopic (exact) mass is 332 g/mol. The smallest absolute Gasteiger partial charge is 0.0433 e. The van der Waals surface area contributed by atoms with Crippen molar-refractivity contribution in [3.63, 3.8) is 0 Å². The quantitative estimate of drug-likeness (QED) is 0.666. The summed E-state index contributed by atoms with van der Waals surface area (Å²) in [5, 5.41) is 9.58. The van der Waals surface area contributed by atoms with Gasteiger partial charge in [-0.25, -0.2) is 0 Å². The Morgan fingerprint density at radius 2 is 1.79 bits per heavy atom. The average molecular weight is 333 g/mol. The number of aliphatic hydroxyl groups is 1. The van der Waals surface area contributed by atoms with Crippen LogP contribution >= 0.6 is 0 Å². The number of fused-ring (bicyclic) bond motifs is 5. The van der Waals surface area contributed by atoms with Gasteiger partial charge >= 0.3 is 0 Å². The van der Waals surface area contributed by atoms with Crippen LogP contribution < -0.4 is 0 Å². The maximum atomic E-state index is 9.58. The topological polar surface area (TPSA) is 20.2 Å². The molecule has 0 aromatic carbocycles. The molecule has 0 saturated heterocycles. The Balaban J connectivity index is 1.60. The summed E-state index contributed by atoms with van der Waals surface area (Å²) in [6, 6.07) is 0. The van der Waals surface area contributed by atoms with E-state index in [1.54, 1.807) is 0 Å². The molecule has 4 rings (SSSR count). The highest BCUT2D eigenvalue weighted by atomic mass is 16.3. The van der Waals surface area contributed by atoms with E-state index >= 15 is 0 Å². The van der Waals surface area contributed by atoms with E-state index in [4.69, 9.17) is 0 Å². The molecular weight excluding hydrogens is 292 g/mol. The fourth-order valence-electron chi connectivity index (χ4n) is 8.71. The van der Waals surface area contributed by atoms with E-state index in [1.807, 2.05) is 0 Å². The Bertz CT molecular complexity index is 457. The molecule has 6 unspecified atom stereocenters. The molecule has 0 amide bonds. The molecule has 1 heteroatoms. The minimum atomic E-state index is 0.408. The SMILES string of the molecule is CC[C@]12CCC3C(CCC4CC(C)CC[C@@]43C)C1CCC2CCO. The minimum absolute atomic E-state index is 0.408. The number of aliphatic hydroxyl groups excluding tert-OH is 1. The zero-order chi connectivity index (χ0) is 16.9. The van der Waals surface area contributed by atoms with E-state index in [-0.39, 0.29) is 0 Å². The lowest BCUT2D eigenvalue weighted by molar-refractivity contribution is -0.123. The van der Waals surface area contributed by atoms with Crippen molar-refractivity contribution in [3.05, 3.63) is 0 Å². The summed E-state index contributed by atoms with van der Waals surface area (Å²) < 4.78 is 0. The van der Waals surface area contributed by atoms with Crippen LogP contribution in [-0.4, -0.2) is 11.7 Å². The molecule has 0 aliphatic heterocycles. The van der Waals surface area contributed by atoms with Gasteiger partial charge in [0.15, 0.2) is 0 Å². The van der Waals surface area contributed by atoms with Crippen molar-refractivity contribution >= 4 is 0 Å². The number of rotatable bonds is 3. The van der Waals surface area contributed by atoms with Gasteiger partial charge in [-0.05, 0) is 111 Å². The normalized spacial score (nSPS) is 54.0. The van der Waals surface area contributed by atoms with Crippen molar-refractivity contribution in [2.24, 2.45) is 46.3 Å². The van der Waals surface area contributed by atoms with Crippen LogP contribution in [-0.2, 0) is 0 Å². The fraction of sp³-hybridized carbons (Fsp3) is 1.00. The Kier molecular flexibility index (Phi) is 4.55. The van der Waals surface area contributed by atoms with Gasteiger partial charge in [-0.1, -0.05) is 27.2 Å². The number of hydrogen-bond acceptors (Lipinski definition) is 1. The molecule has 0 bridgehead atoms. The summed E-state index contributed by atoms with van der Waals surface area (Å²) in [6.07, 6.45) is 15.8. The summed E-state index contributed by atoms with van der Waals surface area (Å²) in [5.74, 6) is 5.81. The van der Waals surface area contributed by atoms with Crippen molar-refractivity contribution in [3.8, 4) is 0 Å². The van der Waals surface area contributed by atoms with Gasteiger partial charge in [0.1, 0.15) is 0 Å². The molecule has 4 saturated carbocycles. The van der Waals surface area contributed by atoms with Gasteiger partial charge in [0.05, 0.1) is 0 Å². The van der Waals surface area contributed by atoms with Crippen LogP contribution in [0.1, 0.15) is 91.4 Å². The van der Waals surface area contributed by atoms with Gasteiger partial charge in [-0.15, -0.1) is 0 Å². The zero-order valence-electron chi connectivity index (χ0n) is 16.4. The molecule has 4 aliphatic carbocycles. The van der Waals surface area contributed by atoms with Gasteiger partial charge < -0.3 is 5.11 Å². The first kappa shape index (κ1) is 17.4. The van der Waals surface area contributed by atoms with E-state index in [0.717, 1.165) is 41.9 Å². The molecule has 4 aliphatic rings. The van der Waals surface area contributed by atoms with Crippen molar-refractivity contribution in [1.82, 2.24) is 0 Å². The van der Waals surface area contributed by atoms with Crippen LogP contribution in [0, 0.1) is 46.3 Å². The van der Waals surface area contributed by atoms with E-state index in [1.165, 1.54) is 64.2 Å². The van der Waals surface area contributed by atoms with Crippen LogP contribution in [0.3, 0.4) is 0 Å². The molecule has 1 nitrogen and oxygen atoms in total. The lowest BCUT2D eigenvalue weighted by Gasteiger charge is -2.61. The van der Waals surface area contributed by atoms with Crippen molar-refractivity contribution in [2.45, 2.75) is 91.4 Å². The predicted molar refractivity (Wildman–Crippen MR) is 101 cm³/mol. The maximum Gasteiger partial charge on any atom is 0.0433 e. The third-order valence-corrected chi connectivity index (χ3v) is 9.96. The highest BCUT2D eigenvalue weighted by Gasteiger charge is 2.60. The molecule has 0 aromatic rings. The van der Waals surface area contributed by atoms with Gasteiger partial charge in [0, 0.05) is 6.61 Å². The van der Waals surface area contributed by atoms with Crippen molar-refractivity contribution in [2.75, 3.05) is 6.61 Å². The number of hydrogen-bond donors (Lipinski definition) is 1. The van der Waals surface area contributed by atoms with Crippen LogP contribution in [0.5, 0.6) is 0 Å². The average Bonchev–Trinajstić information content (AvgIpc) is 2.95. The van der Waals surface area contributed by atoms with Gasteiger partial charge in [-0.2, -0.15) is 0 Å². The first-order valence-electron chi connectivity index (χ1n) is 11.2. The molecule has 24 heavy (non-hydrogen) atoms. The molecule has 0 spiro atoms. The molecule has 0 heterocycles. The Labute approximate surface area is 150 Å². The summed E-state index contributed by atoms with van der Waals surface area (Å²) in [6.45, 7) is 8.05. The van der Waals surface area contributed by atoms with E-state index in [9.17, 15) is 5.11 Å². The second-order valence-electron chi connectivity index (χ2n) is 10.4. The predicted octanol–water partition coefficient (Wildman–Crippen LogP) is 6.05. The highest BCUT2D eigenvalue weighted by Crippen LogP contribution is 2.69. The summed E-state index contributed by atoms with van der Waals surface area (Å²) in [4.78, 5) is 0. The van der Waals surface area contributed by atoms with Gasteiger partial charge in [0.25, 0.3) is 0 Å². The van der Waals surface area contributed by atoms with E-state index in [0.29, 0.717) is 17.4 Å². The van der Waals surface area contributed by atoms with Crippen molar-refractivity contribution in [1.29, 1.82) is 0 Å². The first-order valence-corrected chi connectivity index (χ1v) is 11.2. The van der Waals surface area contributed by atoms with Gasteiger partial charge in [-0.3, -0.25) is 0 Å². The second kappa shape index (κ2) is 6.29. The molecule has 4 fully saturated rings.